The number of carbonyl (C=O) groups is 2. The Morgan fingerprint density at radius 1 is 1.29 bits per heavy atom. The maximum absolute atomic E-state index is 13.2. The van der Waals surface area contributed by atoms with Crippen molar-refractivity contribution in [2.75, 3.05) is 25.4 Å². The van der Waals surface area contributed by atoms with E-state index in [0.29, 0.717) is 48.8 Å². The van der Waals surface area contributed by atoms with Gasteiger partial charge < -0.3 is 15.5 Å². The zero-order chi connectivity index (χ0) is 20.3. The average molecular weight is 381 g/mol. The summed E-state index contributed by atoms with van der Waals surface area (Å²) in [4.78, 5) is 38.1. The smallest absolute Gasteiger partial charge is 0.254 e. The molecule has 7 heteroatoms. The molecule has 148 valence electrons. The summed E-state index contributed by atoms with van der Waals surface area (Å²) >= 11 is 0. The van der Waals surface area contributed by atoms with Crippen LogP contribution in [0.5, 0.6) is 0 Å². The maximum atomic E-state index is 13.2. The number of piperazine rings is 1. The lowest BCUT2D eigenvalue weighted by molar-refractivity contribution is -0.140. The van der Waals surface area contributed by atoms with Gasteiger partial charge in [-0.25, -0.2) is 9.97 Å². The van der Waals surface area contributed by atoms with Crippen molar-refractivity contribution in [1.82, 2.24) is 19.8 Å². The second kappa shape index (κ2) is 8.37. The van der Waals surface area contributed by atoms with Crippen LogP contribution in [-0.2, 0) is 4.79 Å². The van der Waals surface area contributed by atoms with Gasteiger partial charge in [-0.05, 0) is 32.4 Å². The highest BCUT2D eigenvalue weighted by molar-refractivity contribution is 5.99. The highest BCUT2D eigenvalue weighted by Gasteiger charge is 2.36. The Hall–Kier alpha value is -2.96. The monoisotopic (exact) mass is 381 g/mol. The highest BCUT2D eigenvalue weighted by Crippen LogP contribution is 2.23. The van der Waals surface area contributed by atoms with Crippen LogP contribution >= 0.6 is 0 Å². The van der Waals surface area contributed by atoms with Gasteiger partial charge in [0.25, 0.3) is 5.91 Å². The maximum Gasteiger partial charge on any atom is 0.254 e. The molecule has 0 spiro atoms. The van der Waals surface area contributed by atoms with Crippen molar-refractivity contribution in [2.45, 2.75) is 39.7 Å². The van der Waals surface area contributed by atoms with Gasteiger partial charge in [0.05, 0.1) is 17.6 Å². The summed E-state index contributed by atoms with van der Waals surface area (Å²) in [6.45, 7) is 7.60. The van der Waals surface area contributed by atoms with Gasteiger partial charge >= 0.3 is 0 Å². The molecule has 2 N–H and O–H groups in total. The Labute approximate surface area is 165 Å². The number of rotatable bonds is 5. The fourth-order valence-corrected chi connectivity index (χ4v) is 3.56. The van der Waals surface area contributed by atoms with Crippen molar-refractivity contribution in [3.63, 3.8) is 0 Å². The van der Waals surface area contributed by atoms with E-state index >= 15 is 0 Å². The van der Waals surface area contributed by atoms with Gasteiger partial charge in [-0.1, -0.05) is 25.5 Å². The number of benzene rings is 1. The fourth-order valence-electron chi connectivity index (χ4n) is 3.56. The van der Waals surface area contributed by atoms with Crippen molar-refractivity contribution in [2.24, 2.45) is 0 Å². The van der Waals surface area contributed by atoms with E-state index in [-0.39, 0.29) is 11.8 Å². The van der Waals surface area contributed by atoms with Gasteiger partial charge in [0, 0.05) is 30.8 Å². The number of nitrogen functional groups attached to an aromatic ring is 1. The molecule has 1 saturated heterocycles. The molecule has 1 aromatic carbocycles. The number of aryl methyl sites for hydroxylation is 1. The highest BCUT2D eigenvalue weighted by atomic mass is 16.2. The van der Waals surface area contributed by atoms with Gasteiger partial charge in [0.1, 0.15) is 11.9 Å². The van der Waals surface area contributed by atoms with Crippen LogP contribution in [0, 0.1) is 6.92 Å². The lowest BCUT2D eigenvalue weighted by Gasteiger charge is -2.40. The van der Waals surface area contributed by atoms with Crippen LogP contribution in [-0.4, -0.2) is 57.3 Å². The molecular formula is C21H27N5O2. The molecule has 1 aliphatic rings. The molecule has 1 unspecified atom stereocenters. The second-order valence-corrected chi connectivity index (χ2v) is 7.03. The SMILES string of the molecule is CCCC1C(=O)N(CC)CCN1C(=O)c1cccc(-c2cnc(N)c(C)n2)c1. The first-order valence-corrected chi connectivity index (χ1v) is 9.75. The van der Waals surface area contributed by atoms with Crippen LogP contribution in [0.15, 0.2) is 30.5 Å². The van der Waals surface area contributed by atoms with Crippen molar-refractivity contribution in [3.8, 4) is 11.3 Å². The normalized spacial score (nSPS) is 17.1. The Morgan fingerprint density at radius 2 is 2.07 bits per heavy atom. The molecule has 1 fully saturated rings. The van der Waals surface area contributed by atoms with Gasteiger partial charge in [-0.2, -0.15) is 0 Å². The van der Waals surface area contributed by atoms with E-state index in [1.54, 1.807) is 24.1 Å². The Bertz CT molecular complexity index is 883. The van der Waals surface area contributed by atoms with Gasteiger partial charge in [0.15, 0.2) is 0 Å². The lowest BCUT2D eigenvalue weighted by atomic mass is 10.0. The molecule has 1 aliphatic heterocycles. The van der Waals surface area contributed by atoms with E-state index in [1.165, 1.54) is 0 Å². The minimum absolute atomic E-state index is 0.0418. The Morgan fingerprint density at radius 3 is 2.75 bits per heavy atom. The number of aromatic nitrogens is 2. The first-order chi connectivity index (χ1) is 13.5. The van der Waals surface area contributed by atoms with Crippen molar-refractivity contribution in [3.05, 3.63) is 41.7 Å². The number of nitrogens with zero attached hydrogens (tertiary/aromatic N) is 4. The lowest BCUT2D eigenvalue weighted by Crippen LogP contribution is -2.58. The number of hydrogen-bond donors (Lipinski definition) is 1. The summed E-state index contributed by atoms with van der Waals surface area (Å²) in [5, 5.41) is 0. The number of amides is 2. The minimum atomic E-state index is -0.395. The molecule has 0 radical (unpaired) electrons. The molecule has 3 rings (SSSR count). The minimum Gasteiger partial charge on any atom is -0.382 e. The summed E-state index contributed by atoms with van der Waals surface area (Å²) in [7, 11) is 0. The van der Waals surface area contributed by atoms with Crippen LogP contribution in [0.2, 0.25) is 0 Å². The number of anilines is 1. The van der Waals surface area contributed by atoms with E-state index in [4.69, 9.17) is 5.73 Å². The van der Waals surface area contributed by atoms with Gasteiger partial charge in [-0.15, -0.1) is 0 Å². The summed E-state index contributed by atoms with van der Waals surface area (Å²) in [6, 6.07) is 6.91. The largest absolute Gasteiger partial charge is 0.382 e. The van der Waals surface area contributed by atoms with E-state index in [0.717, 1.165) is 12.0 Å². The molecule has 28 heavy (non-hydrogen) atoms. The Kier molecular flexibility index (Phi) is 5.92. The number of nitrogens with two attached hydrogens (primary N) is 1. The molecule has 1 atom stereocenters. The van der Waals surface area contributed by atoms with E-state index in [1.807, 2.05) is 36.9 Å². The first kappa shape index (κ1) is 19.8. The predicted molar refractivity (Wildman–Crippen MR) is 109 cm³/mol. The van der Waals surface area contributed by atoms with Crippen LogP contribution in [0.4, 0.5) is 5.82 Å². The van der Waals surface area contributed by atoms with Crippen LogP contribution in [0.1, 0.15) is 42.7 Å². The zero-order valence-electron chi connectivity index (χ0n) is 16.7. The fraction of sp³-hybridized carbons (Fsp3) is 0.429. The van der Waals surface area contributed by atoms with Crippen molar-refractivity contribution < 1.29 is 9.59 Å². The standard InChI is InChI=1S/C21H27N5O2/c1-4-7-18-21(28)25(5-2)10-11-26(18)20(27)16-9-6-8-15(12-16)17-13-23-19(22)14(3)24-17/h6,8-9,12-13,18H,4-5,7,10-11H2,1-3H3,(H2,22,23). The molecule has 2 heterocycles. The number of likely N-dealkylation sites (N-methyl/N-ethyl adjacent to an activating group) is 1. The molecule has 2 amide bonds. The Balaban J connectivity index is 1.89. The van der Waals surface area contributed by atoms with E-state index in [9.17, 15) is 9.59 Å². The molecular weight excluding hydrogens is 354 g/mol. The van der Waals surface area contributed by atoms with Crippen molar-refractivity contribution in [1.29, 1.82) is 0 Å². The molecule has 0 bridgehead atoms. The number of carbonyl (C=O) groups excluding carboxylic acids is 2. The van der Waals surface area contributed by atoms with Gasteiger partial charge in [0.2, 0.25) is 5.91 Å². The van der Waals surface area contributed by atoms with Crippen LogP contribution in [0.3, 0.4) is 0 Å². The first-order valence-electron chi connectivity index (χ1n) is 9.75. The second-order valence-electron chi connectivity index (χ2n) is 7.03. The molecule has 2 aromatic rings. The van der Waals surface area contributed by atoms with E-state index in [2.05, 4.69) is 9.97 Å². The average Bonchev–Trinajstić information content (AvgIpc) is 2.71. The van der Waals surface area contributed by atoms with Crippen LogP contribution in [0.25, 0.3) is 11.3 Å². The third kappa shape index (κ3) is 3.83. The summed E-state index contributed by atoms with van der Waals surface area (Å²) in [5.41, 5.74) is 8.41. The van der Waals surface area contributed by atoms with Gasteiger partial charge in [-0.3, -0.25) is 9.59 Å². The van der Waals surface area contributed by atoms with Crippen molar-refractivity contribution >= 4 is 17.6 Å². The van der Waals surface area contributed by atoms with E-state index < -0.39 is 6.04 Å². The topological polar surface area (TPSA) is 92.4 Å². The third-order valence-electron chi connectivity index (χ3n) is 5.18. The third-order valence-corrected chi connectivity index (χ3v) is 5.18. The molecule has 0 aliphatic carbocycles. The molecule has 1 aromatic heterocycles. The quantitative estimate of drug-likeness (QED) is 0.859. The number of hydrogen-bond acceptors (Lipinski definition) is 5. The summed E-state index contributed by atoms with van der Waals surface area (Å²) in [5.74, 6) is 0.315. The molecule has 7 nitrogen and oxygen atoms in total. The summed E-state index contributed by atoms with van der Waals surface area (Å²) < 4.78 is 0. The summed E-state index contributed by atoms with van der Waals surface area (Å²) in [6.07, 6.45) is 3.12. The zero-order valence-corrected chi connectivity index (χ0v) is 16.7. The van der Waals surface area contributed by atoms with Crippen LogP contribution < -0.4 is 5.73 Å². The predicted octanol–water partition coefficient (Wildman–Crippen LogP) is 2.51. The molecule has 0 saturated carbocycles.